The smallest absolute Gasteiger partial charge is 0.256 e. The summed E-state index contributed by atoms with van der Waals surface area (Å²) >= 11 is 6.10. The largest absolute Gasteiger partial charge is 0.378 e. The van der Waals surface area contributed by atoms with Crippen molar-refractivity contribution in [2.45, 2.75) is 51.6 Å². The molecule has 0 saturated carbocycles. The van der Waals surface area contributed by atoms with Gasteiger partial charge in [-0.3, -0.25) is 9.59 Å². The van der Waals surface area contributed by atoms with Crippen molar-refractivity contribution in [3.8, 4) is 0 Å². The van der Waals surface area contributed by atoms with Gasteiger partial charge in [-0.15, -0.1) is 0 Å². The number of amides is 1. The first-order valence-electron chi connectivity index (χ1n) is 12.4. The van der Waals surface area contributed by atoms with Crippen LogP contribution >= 0.6 is 11.6 Å². The molecule has 2 aliphatic heterocycles. The Morgan fingerprint density at radius 3 is 2.41 bits per heavy atom. The molecule has 1 atom stereocenters. The molecule has 0 bridgehead atoms. The molecule has 1 aromatic carbocycles. The Kier molecular flexibility index (Phi) is 8.22. The summed E-state index contributed by atoms with van der Waals surface area (Å²) in [6.07, 6.45) is 5.95. The van der Waals surface area contributed by atoms with Crippen LogP contribution in [-0.2, 0) is 11.2 Å². The number of pyridine rings is 1. The minimum absolute atomic E-state index is 0.174. The fourth-order valence-electron chi connectivity index (χ4n) is 5.26. The lowest BCUT2D eigenvalue weighted by atomic mass is 9.82. The van der Waals surface area contributed by atoms with Gasteiger partial charge in [0.05, 0.1) is 5.56 Å². The molecule has 4 rings (SSSR count). The Hall–Kier alpha value is -2.44. The van der Waals surface area contributed by atoms with Gasteiger partial charge in [0.2, 0.25) is 0 Å². The van der Waals surface area contributed by atoms with Crippen LogP contribution in [0, 0.1) is 11.8 Å². The molecule has 2 saturated heterocycles. The number of hydrogen-bond donors (Lipinski definition) is 1. The molecule has 2 fully saturated rings. The second-order valence-corrected chi connectivity index (χ2v) is 9.96. The van der Waals surface area contributed by atoms with E-state index in [1.807, 2.05) is 35.2 Å². The maximum absolute atomic E-state index is 12.9. The predicted octanol–water partition coefficient (Wildman–Crippen LogP) is 4.69. The number of piperidine rings is 2. The Bertz CT molecular complexity index is 998. The van der Waals surface area contributed by atoms with Crippen molar-refractivity contribution in [1.82, 2.24) is 9.88 Å². The molecule has 34 heavy (non-hydrogen) atoms. The summed E-state index contributed by atoms with van der Waals surface area (Å²) in [5.74, 6) is 1.96. The number of benzene rings is 1. The van der Waals surface area contributed by atoms with Gasteiger partial charge in [-0.1, -0.05) is 42.8 Å². The third kappa shape index (κ3) is 5.78. The highest BCUT2D eigenvalue weighted by Gasteiger charge is 2.30. The van der Waals surface area contributed by atoms with Crippen LogP contribution in [-0.4, -0.2) is 53.4 Å². The highest BCUT2D eigenvalue weighted by atomic mass is 35.5. The van der Waals surface area contributed by atoms with Gasteiger partial charge in [0.1, 0.15) is 11.0 Å². The molecule has 182 valence electrons. The standard InChI is InChI=1S/C27H34ClN3O3/c1-2-19-4-3-5-22(17-19)25(33)27(34)31-14-10-21(11-15-31)16-20-8-12-30(13-9-20)24-7-6-23(18-32)26(28)29-24/h3-7,17-18,20-21,25,33H,2,8-16H2,1H3. The number of aromatic nitrogens is 1. The van der Waals surface area contributed by atoms with Crippen molar-refractivity contribution in [3.05, 3.63) is 58.2 Å². The number of aryl methyl sites for hydroxylation is 1. The van der Waals surface area contributed by atoms with Gasteiger partial charge in [-0.25, -0.2) is 4.98 Å². The van der Waals surface area contributed by atoms with E-state index in [4.69, 9.17) is 11.6 Å². The number of carbonyl (C=O) groups is 2. The van der Waals surface area contributed by atoms with Crippen molar-refractivity contribution < 1.29 is 14.7 Å². The molecule has 1 aromatic heterocycles. The van der Waals surface area contributed by atoms with Gasteiger partial charge < -0.3 is 14.9 Å². The fourth-order valence-corrected chi connectivity index (χ4v) is 5.45. The highest BCUT2D eigenvalue weighted by Crippen LogP contribution is 2.32. The summed E-state index contributed by atoms with van der Waals surface area (Å²) in [4.78, 5) is 32.3. The molecule has 0 radical (unpaired) electrons. The first-order chi connectivity index (χ1) is 16.5. The van der Waals surface area contributed by atoms with Crippen molar-refractivity contribution in [2.75, 3.05) is 31.1 Å². The maximum Gasteiger partial charge on any atom is 0.256 e. The number of anilines is 1. The lowest BCUT2D eigenvalue weighted by Crippen LogP contribution is -2.42. The van der Waals surface area contributed by atoms with Gasteiger partial charge in [-0.2, -0.15) is 0 Å². The molecule has 3 heterocycles. The van der Waals surface area contributed by atoms with Gasteiger partial charge in [0.15, 0.2) is 12.4 Å². The number of likely N-dealkylation sites (tertiary alicyclic amines) is 1. The number of carbonyl (C=O) groups excluding carboxylic acids is 2. The monoisotopic (exact) mass is 483 g/mol. The van der Waals surface area contributed by atoms with E-state index in [-0.39, 0.29) is 11.1 Å². The number of aldehydes is 1. The van der Waals surface area contributed by atoms with E-state index < -0.39 is 6.10 Å². The Morgan fingerprint density at radius 2 is 1.79 bits per heavy atom. The number of hydrogen-bond acceptors (Lipinski definition) is 5. The molecule has 2 aromatic rings. The zero-order valence-corrected chi connectivity index (χ0v) is 20.6. The van der Waals surface area contributed by atoms with Crippen LogP contribution in [0.3, 0.4) is 0 Å². The maximum atomic E-state index is 12.9. The van der Waals surface area contributed by atoms with E-state index in [9.17, 15) is 14.7 Å². The van der Waals surface area contributed by atoms with Crippen molar-refractivity contribution >= 4 is 29.6 Å². The van der Waals surface area contributed by atoms with E-state index in [0.717, 1.165) is 76.0 Å². The number of aliphatic hydroxyl groups is 1. The first-order valence-corrected chi connectivity index (χ1v) is 12.8. The van der Waals surface area contributed by atoms with E-state index >= 15 is 0 Å². The highest BCUT2D eigenvalue weighted by molar-refractivity contribution is 6.31. The molecule has 7 heteroatoms. The second kappa shape index (κ2) is 11.3. The van der Waals surface area contributed by atoms with Crippen molar-refractivity contribution in [1.29, 1.82) is 0 Å². The van der Waals surface area contributed by atoms with Crippen LogP contribution in [0.15, 0.2) is 36.4 Å². The van der Waals surface area contributed by atoms with Gasteiger partial charge in [0.25, 0.3) is 5.91 Å². The summed E-state index contributed by atoms with van der Waals surface area (Å²) in [5, 5.41) is 10.9. The summed E-state index contributed by atoms with van der Waals surface area (Å²) in [6.45, 7) is 5.39. The van der Waals surface area contributed by atoms with E-state index in [2.05, 4.69) is 16.8 Å². The van der Waals surface area contributed by atoms with Crippen LogP contribution in [0.25, 0.3) is 0 Å². The number of rotatable bonds is 7. The lowest BCUT2D eigenvalue weighted by molar-refractivity contribution is -0.142. The summed E-state index contributed by atoms with van der Waals surface area (Å²) < 4.78 is 0. The zero-order chi connectivity index (χ0) is 24.1. The average molecular weight is 484 g/mol. The number of halogens is 1. The third-order valence-electron chi connectivity index (χ3n) is 7.43. The van der Waals surface area contributed by atoms with Gasteiger partial charge in [0, 0.05) is 26.2 Å². The molecule has 0 aliphatic carbocycles. The zero-order valence-electron chi connectivity index (χ0n) is 19.8. The van der Waals surface area contributed by atoms with Crippen molar-refractivity contribution in [3.63, 3.8) is 0 Å². The van der Waals surface area contributed by atoms with Crippen molar-refractivity contribution in [2.24, 2.45) is 11.8 Å². The lowest BCUT2D eigenvalue weighted by Gasteiger charge is -2.37. The van der Waals surface area contributed by atoms with E-state index in [0.29, 0.717) is 23.0 Å². The molecule has 1 amide bonds. The molecule has 2 aliphatic rings. The molecule has 6 nitrogen and oxygen atoms in total. The topological polar surface area (TPSA) is 73.7 Å². The summed E-state index contributed by atoms with van der Waals surface area (Å²) in [6, 6.07) is 11.3. The number of nitrogens with zero attached hydrogens (tertiary/aromatic N) is 3. The Morgan fingerprint density at radius 1 is 1.12 bits per heavy atom. The van der Waals surface area contributed by atoms with E-state index in [1.54, 1.807) is 6.07 Å². The van der Waals surface area contributed by atoms with Crippen LogP contribution in [0.1, 0.15) is 66.6 Å². The first kappa shape index (κ1) is 24.7. The SMILES string of the molecule is CCc1cccc(C(O)C(=O)N2CCC(CC3CCN(c4ccc(C=O)c(Cl)n4)CC3)CC2)c1. The minimum Gasteiger partial charge on any atom is -0.378 e. The van der Waals surface area contributed by atoms with Crippen LogP contribution in [0.2, 0.25) is 5.15 Å². The normalized spacial score (nSPS) is 18.7. The summed E-state index contributed by atoms with van der Waals surface area (Å²) in [5.41, 5.74) is 2.24. The molecular formula is C27H34ClN3O3. The quantitative estimate of drug-likeness (QED) is 0.457. The average Bonchev–Trinajstić information content (AvgIpc) is 2.88. The second-order valence-electron chi connectivity index (χ2n) is 9.60. The molecular weight excluding hydrogens is 450 g/mol. The Balaban J connectivity index is 1.23. The molecule has 0 spiro atoms. The number of aliphatic hydroxyl groups excluding tert-OH is 1. The molecule has 1 unspecified atom stereocenters. The fraction of sp³-hybridized carbons (Fsp3) is 0.519. The van der Waals surface area contributed by atoms with Crippen LogP contribution in [0.5, 0.6) is 0 Å². The summed E-state index contributed by atoms with van der Waals surface area (Å²) in [7, 11) is 0. The third-order valence-corrected chi connectivity index (χ3v) is 7.73. The van der Waals surface area contributed by atoms with Gasteiger partial charge >= 0.3 is 0 Å². The Labute approximate surface area is 206 Å². The van der Waals surface area contributed by atoms with Crippen LogP contribution < -0.4 is 4.90 Å². The van der Waals surface area contributed by atoms with Gasteiger partial charge in [-0.05, 0) is 73.6 Å². The minimum atomic E-state index is -1.07. The van der Waals surface area contributed by atoms with E-state index in [1.165, 1.54) is 6.42 Å². The van der Waals surface area contributed by atoms with Crippen LogP contribution in [0.4, 0.5) is 5.82 Å². The molecule has 1 N–H and O–H groups in total. The predicted molar refractivity (Wildman–Crippen MR) is 134 cm³/mol.